The number of hydrogen-bond acceptors (Lipinski definition) is 6. The molecule has 2 heterocycles. The van der Waals surface area contributed by atoms with Crippen molar-refractivity contribution in [1.29, 1.82) is 0 Å². The summed E-state index contributed by atoms with van der Waals surface area (Å²) in [7, 11) is -2.25. The zero-order valence-corrected chi connectivity index (χ0v) is 22.7. The monoisotopic (exact) mass is 547 g/mol. The highest BCUT2D eigenvalue weighted by Crippen LogP contribution is 2.46. The molecule has 0 atom stereocenters. The molecule has 1 aliphatic rings. The van der Waals surface area contributed by atoms with Crippen LogP contribution >= 0.6 is 0 Å². The molecule has 202 valence electrons. The standard InChI is InChI=1S/C29H29N3O6S/c1-17-8-10-20(11-9-17)25-24(27(33)30-2)23-16-22(19-12-13-19)26(31-28(23)38-25)32(39(3,36)37)15-14-18-6-4-5-7-21(18)29(34)35/h4-11,16,19H,12-15H2,1-3H3,(H,30,33)(H,34,35). The van der Waals surface area contributed by atoms with Crippen LogP contribution in [0.4, 0.5) is 5.82 Å². The van der Waals surface area contributed by atoms with Crippen molar-refractivity contribution >= 4 is 38.8 Å². The Kier molecular flexibility index (Phi) is 6.90. The van der Waals surface area contributed by atoms with E-state index >= 15 is 0 Å². The van der Waals surface area contributed by atoms with Crippen molar-refractivity contribution in [2.24, 2.45) is 0 Å². The van der Waals surface area contributed by atoms with Gasteiger partial charge in [-0.1, -0.05) is 48.0 Å². The number of fused-ring (bicyclic) bond motifs is 1. The van der Waals surface area contributed by atoms with Crippen LogP contribution < -0.4 is 9.62 Å². The van der Waals surface area contributed by atoms with Crippen LogP contribution in [0.25, 0.3) is 22.4 Å². The van der Waals surface area contributed by atoms with Crippen molar-refractivity contribution in [3.05, 3.63) is 82.4 Å². The quantitative estimate of drug-likeness (QED) is 0.309. The summed E-state index contributed by atoms with van der Waals surface area (Å²) in [4.78, 5) is 29.4. The Balaban J connectivity index is 1.66. The van der Waals surface area contributed by atoms with E-state index in [1.807, 2.05) is 37.3 Å². The summed E-state index contributed by atoms with van der Waals surface area (Å²) < 4.78 is 33.5. The van der Waals surface area contributed by atoms with Crippen LogP contribution in [0.3, 0.4) is 0 Å². The molecule has 2 N–H and O–H groups in total. The van der Waals surface area contributed by atoms with Crippen LogP contribution in [-0.4, -0.2) is 50.2 Å². The van der Waals surface area contributed by atoms with E-state index in [1.165, 1.54) is 10.4 Å². The predicted molar refractivity (Wildman–Crippen MR) is 149 cm³/mol. The molecule has 5 rings (SSSR count). The molecule has 1 aliphatic carbocycles. The van der Waals surface area contributed by atoms with Gasteiger partial charge in [0.25, 0.3) is 5.91 Å². The molecule has 1 saturated carbocycles. The van der Waals surface area contributed by atoms with E-state index in [0.29, 0.717) is 27.8 Å². The molecule has 10 heteroatoms. The normalized spacial score (nSPS) is 13.4. The number of carbonyl (C=O) groups is 2. The lowest BCUT2D eigenvalue weighted by molar-refractivity contribution is 0.0695. The summed E-state index contributed by atoms with van der Waals surface area (Å²) >= 11 is 0. The predicted octanol–water partition coefficient (Wildman–Crippen LogP) is 4.75. The van der Waals surface area contributed by atoms with Gasteiger partial charge in [0.2, 0.25) is 15.7 Å². The molecule has 0 unspecified atom stereocenters. The maximum atomic E-state index is 13.1. The molecule has 1 fully saturated rings. The minimum Gasteiger partial charge on any atom is -0.478 e. The van der Waals surface area contributed by atoms with Crippen LogP contribution in [-0.2, 0) is 16.4 Å². The molecule has 2 aromatic carbocycles. The second-order valence-electron chi connectivity index (χ2n) is 9.83. The highest BCUT2D eigenvalue weighted by atomic mass is 32.2. The van der Waals surface area contributed by atoms with E-state index in [0.717, 1.165) is 30.2 Å². The van der Waals surface area contributed by atoms with Gasteiger partial charge in [-0.25, -0.2) is 13.2 Å². The topological polar surface area (TPSA) is 130 Å². The Morgan fingerprint density at radius 1 is 1.13 bits per heavy atom. The van der Waals surface area contributed by atoms with Gasteiger partial charge in [0, 0.05) is 19.2 Å². The molecule has 0 saturated heterocycles. The van der Waals surface area contributed by atoms with Crippen molar-refractivity contribution in [3.8, 4) is 11.3 Å². The Bertz CT molecular complexity index is 1690. The third-order valence-electron chi connectivity index (χ3n) is 6.94. The minimum atomic E-state index is -3.80. The first-order valence-corrected chi connectivity index (χ1v) is 14.5. The SMILES string of the molecule is CNC(=O)c1c(-c2ccc(C)cc2)oc2nc(N(CCc3ccccc3C(=O)O)S(C)(=O)=O)c(C3CC3)cc12. The van der Waals surface area contributed by atoms with Crippen LogP contribution in [0.2, 0.25) is 0 Å². The fourth-order valence-electron chi connectivity index (χ4n) is 4.78. The number of amides is 1. The van der Waals surface area contributed by atoms with Crippen molar-refractivity contribution in [2.75, 3.05) is 24.2 Å². The molecule has 2 aromatic heterocycles. The van der Waals surface area contributed by atoms with Crippen LogP contribution in [0.1, 0.15) is 56.2 Å². The van der Waals surface area contributed by atoms with Gasteiger partial charge >= 0.3 is 5.97 Å². The number of rotatable bonds is 9. The van der Waals surface area contributed by atoms with Gasteiger partial charge in [0.1, 0.15) is 11.6 Å². The maximum absolute atomic E-state index is 13.1. The number of carbonyl (C=O) groups excluding carboxylic acids is 1. The van der Waals surface area contributed by atoms with Crippen molar-refractivity contribution in [3.63, 3.8) is 0 Å². The van der Waals surface area contributed by atoms with Gasteiger partial charge in [-0.15, -0.1) is 0 Å². The highest BCUT2D eigenvalue weighted by molar-refractivity contribution is 7.92. The number of furan rings is 1. The molecule has 0 spiro atoms. The highest BCUT2D eigenvalue weighted by Gasteiger charge is 2.34. The third kappa shape index (κ3) is 5.24. The first-order valence-electron chi connectivity index (χ1n) is 12.6. The molecule has 0 aliphatic heterocycles. The van der Waals surface area contributed by atoms with Crippen LogP contribution in [0.15, 0.2) is 59.0 Å². The smallest absolute Gasteiger partial charge is 0.335 e. The number of pyridine rings is 1. The largest absolute Gasteiger partial charge is 0.478 e. The molecular formula is C29H29N3O6S. The number of nitrogens with zero attached hydrogens (tertiary/aromatic N) is 2. The second-order valence-corrected chi connectivity index (χ2v) is 11.7. The number of benzene rings is 2. The molecule has 0 radical (unpaired) electrons. The zero-order valence-electron chi connectivity index (χ0n) is 21.9. The Hall–Kier alpha value is -4.18. The lowest BCUT2D eigenvalue weighted by Crippen LogP contribution is -2.33. The summed E-state index contributed by atoms with van der Waals surface area (Å²) in [6, 6.07) is 15.9. The third-order valence-corrected chi connectivity index (χ3v) is 8.10. The van der Waals surface area contributed by atoms with E-state index in [1.54, 1.807) is 25.2 Å². The number of carboxylic acid groups (broad SMARTS) is 1. The number of hydrogen-bond donors (Lipinski definition) is 2. The van der Waals surface area contributed by atoms with Crippen LogP contribution in [0, 0.1) is 6.92 Å². The number of carboxylic acids is 1. The van der Waals surface area contributed by atoms with Gasteiger partial charge in [-0.3, -0.25) is 9.10 Å². The van der Waals surface area contributed by atoms with E-state index < -0.39 is 16.0 Å². The van der Waals surface area contributed by atoms with Crippen molar-refractivity contribution in [1.82, 2.24) is 10.3 Å². The Morgan fingerprint density at radius 2 is 1.82 bits per heavy atom. The average molecular weight is 548 g/mol. The molecule has 1 amide bonds. The number of anilines is 1. The molecule has 39 heavy (non-hydrogen) atoms. The molecule has 9 nitrogen and oxygen atoms in total. The van der Waals surface area contributed by atoms with Gasteiger partial charge in [0.15, 0.2) is 0 Å². The summed E-state index contributed by atoms with van der Waals surface area (Å²) in [5, 5.41) is 12.8. The number of aryl methyl sites for hydroxylation is 1. The zero-order chi connectivity index (χ0) is 27.9. The number of aromatic nitrogens is 1. The Labute approximate surface area is 226 Å². The van der Waals surface area contributed by atoms with Crippen molar-refractivity contribution in [2.45, 2.75) is 32.1 Å². The summed E-state index contributed by atoms with van der Waals surface area (Å²) in [5.41, 5.74) is 3.63. The van der Waals surface area contributed by atoms with E-state index in [4.69, 9.17) is 9.40 Å². The average Bonchev–Trinajstić information content (AvgIpc) is 3.68. The number of sulfonamides is 1. The summed E-state index contributed by atoms with van der Waals surface area (Å²) in [5.74, 6) is -0.700. The lowest BCUT2D eigenvalue weighted by Gasteiger charge is -2.24. The van der Waals surface area contributed by atoms with E-state index in [-0.39, 0.29) is 41.9 Å². The number of aromatic carboxylic acids is 1. The molecular weight excluding hydrogens is 518 g/mol. The van der Waals surface area contributed by atoms with Gasteiger partial charge < -0.3 is 14.8 Å². The molecule has 0 bridgehead atoms. The fourth-order valence-corrected chi connectivity index (χ4v) is 5.66. The van der Waals surface area contributed by atoms with Gasteiger partial charge in [0.05, 0.1) is 22.8 Å². The fraction of sp³-hybridized carbons (Fsp3) is 0.276. The lowest BCUT2D eigenvalue weighted by atomic mass is 10.0. The van der Waals surface area contributed by atoms with Gasteiger partial charge in [-0.05, 0) is 55.4 Å². The number of nitrogens with one attached hydrogen (secondary N) is 1. The minimum absolute atomic E-state index is 0.00478. The van der Waals surface area contributed by atoms with Gasteiger partial charge in [-0.2, -0.15) is 4.98 Å². The summed E-state index contributed by atoms with van der Waals surface area (Å²) in [6.07, 6.45) is 3.03. The first kappa shape index (κ1) is 26.4. The summed E-state index contributed by atoms with van der Waals surface area (Å²) in [6.45, 7) is 1.96. The van der Waals surface area contributed by atoms with E-state index in [9.17, 15) is 23.1 Å². The Morgan fingerprint density at radius 3 is 2.44 bits per heavy atom. The van der Waals surface area contributed by atoms with E-state index in [2.05, 4.69) is 5.32 Å². The first-order chi connectivity index (χ1) is 18.6. The maximum Gasteiger partial charge on any atom is 0.335 e. The molecule has 4 aromatic rings. The van der Waals surface area contributed by atoms with Crippen molar-refractivity contribution < 1.29 is 27.5 Å². The second kappa shape index (κ2) is 10.2. The van der Waals surface area contributed by atoms with Crippen LogP contribution in [0.5, 0.6) is 0 Å².